The first-order valence-corrected chi connectivity index (χ1v) is 4.65. The predicted octanol–water partition coefficient (Wildman–Crippen LogP) is 0.636. The second kappa shape index (κ2) is 3.34. The van der Waals surface area contributed by atoms with E-state index in [0.717, 1.165) is 16.6 Å². The number of hydrogen-bond acceptors (Lipinski definition) is 3. The van der Waals surface area contributed by atoms with E-state index in [2.05, 4.69) is 15.4 Å². The number of amides is 1. The van der Waals surface area contributed by atoms with E-state index in [1.165, 1.54) is 0 Å². The average molecular weight is 204 g/mol. The lowest BCUT2D eigenvalue weighted by Crippen LogP contribution is -2.19. The number of nitrogens with zero attached hydrogens (tertiary/aromatic N) is 3. The molecule has 5 nitrogen and oxygen atoms in total. The molecule has 78 valence electrons. The van der Waals surface area contributed by atoms with E-state index < -0.39 is 0 Å². The Balaban J connectivity index is 2.70. The molecule has 2 heterocycles. The summed E-state index contributed by atoms with van der Waals surface area (Å²) in [4.78, 5) is 15.7. The van der Waals surface area contributed by atoms with Gasteiger partial charge < -0.3 is 5.32 Å². The van der Waals surface area contributed by atoms with E-state index in [1.54, 1.807) is 24.0 Å². The Bertz CT molecular complexity index is 529. The van der Waals surface area contributed by atoms with E-state index in [0.29, 0.717) is 5.69 Å². The Morgan fingerprint density at radius 1 is 1.53 bits per heavy atom. The van der Waals surface area contributed by atoms with Gasteiger partial charge in [-0.2, -0.15) is 5.10 Å². The van der Waals surface area contributed by atoms with Crippen molar-refractivity contribution in [3.05, 3.63) is 23.7 Å². The van der Waals surface area contributed by atoms with Gasteiger partial charge in [-0.25, -0.2) is 4.98 Å². The smallest absolute Gasteiger partial charge is 0.269 e. The maximum Gasteiger partial charge on any atom is 0.269 e. The molecule has 0 fully saturated rings. The molecule has 0 saturated carbocycles. The van der Waals surface area contributed by atoms with Gasteiger partial charge in [0, 0.05) is 25.2 Å². The van der Waals surface area contributed by atoms with E-state index >= 15 is 0 Å². The number of hydrogen-bond donors (Lipinski definition) is 1. The van der Waals surface area contributed by atoms with Gasteiger partial charge in [0.2, 0.25) is 0 Å². The molecule has 0 aliphatic heterocycles. The topological polar surface area (TPSA) is 59.8 Å². The highest BCUT2D eigenvalue weighted by Gasteiger charge is 2.10. The fraction of sp³-hybridized carbons (Fsp3) is 0.300. The molecule has 15 heavy (non-hydrogen) atoms. The van der Waals surface area contributed by atoms with Crippen LogP contribution in [0.3, 0.4) is 0 Å². The lowest BCUT2D eigenvalue weighted by Gasteiger charge is -2.02. The highest BCUT2D eigenvalue weighted by molar-refractivity contribution is 5.96. The predicted molar refractivity (Wildman–Crippen MR) is 56.6 cm³/mol. The van der Waals surface area contributed by atoms with Gasteiger partial charge in [0.15, 0.2) is 0 Å². The van der Waals surface area contributed by atoms with Crippen LogP contribution in [0.15, 0.2) is 12.3 Å². The summed E-state index contributed by atoms with van der Waals surface area (Å²) in [5.74, 6) is -0.179. The fourth-order valence-corrected chi connectivity index (χ4v) is 1.54. The molecule has 0 aliphatic rings. The van der Waals surface area contributed by atoms with Crippen molar-refractivity contribution in [3.8, 4) is 0 Å². The number of aryl methyl sites for hydroxylation is 2. The summed E-state index contributed by atoms with van der Waals surface area (Å²) < 4.78 is 1.73. The highest BCUT2D eigenvalue weighted by Crippen LogP contribution is 2.16. The highest BCUT2D eigenvalue weighted by atomic mass is 16.1. The van der Waals surface area contributed by atoms with Crippen LogP contribution in [0.4, 0.5) is 0 Å². The maximum absolute atomic E-state index is 11.4. The molecule has 1 amide bonds. The SMILES string of the molecule is CNC(=O)c1cc2c(cnn2C)c(C)n1. The van der Waals surface area contributed by atoms with Gasteiger partial charge in [0.05, 0.1) is 11.7 Å². The Morgan fingerprint density at radius 3 is 2.93 bits per heavy atom. The molecule has 0 aliphatic carbocycles. The largest absolute Gasteiger partial charge is 0.354 e. The van der Waals surface area contributed by atoms with Crippen molar-refractivity contribution in [3.63, 3.8) is 0 Å². The summed E-state index contributed by atoms with van der Waals surface area (Å²) in [5, 5.41) is 7.66. The molecule has 2 aromatic rings. The van der Waals surface area contributed by atoms with Gasteiger partial charge in [-0.05, 0) is 13.0 Å². The molecule has 0 bridgehead atoms. The molecule has 0 saturated heterocycles. The Kier molecular flexibility index (Phi) is 2.15. The number of nitrogens with one attached hydrogen (secondary N) is 1. The summed E-state index contributed by atoms with van der Waals surface area (Å²) in [6.07, 6.45) is 1.76. The number of carbonyl (C=O) groups is 1. The third-order valence-electron chi connectivity index (χ3n) is 2.40. The molecular weight excluding hydrogens is 192 g/mol. The first kappa shape index (κ1) is 9.64. The molecule has 0 aromatic carbocycles. The molecule has 0 radical (unpaired) electrons. The van der Waals surface area contributed by atoms with Crippen molar-refractivity contribution in [1.82, 2.24) is 20.1 Å². The number of aromatic nitrogens is 3. The number of pyridine rings is 1. The normalized spacial score (nSPS) is 10.6. The summed E-state index contributed by atoms with van der Waals surface area (Å²) >= 11 is 0. The van der Waals surface area contributed by atoms with Gasteiger partial charge >= 0.3 is 0 Å². The lowest BCUT2D eigenvalue weighted by atomic mass is 10.2. The van der Waals surface area contributed by atoms with Gasteiger partial charge in [-0.15, -0.1) is 0 Å². The van der Waals surface area contributed by atoms with Gasteiger partial charge in [0.1, 0.15) is 5.69 Å². The van der Waals surface area contributed by atoms with Crippen LogP contribution < -0.4 is 5.32 Å². The molecule has 1 N–H and O–H groups in total. The van der Waals surface area contributed by atoms with Crippen LogP contribution in [0.5, 0.6) is 0 Å². The summed E-state index contributed by atoms with van der Waals surface area (Å²) in [7, 11) is 3.43. The first-order valence-electron chi connectivity index (χ1n) is 4.65. The van der Waals surface area contributed by atoms with E-state index in [1.807, 2.05) is 14.0 Å². The van der Waals surface area contributed by atoms with Crippen molar-refractivity contribution in [1.29, 1.82) is 0 Å². The molecule has 0 atom stereocenters. The van der Waals surface area contributed by atoms with Gasteiger partial charge in [-0.1, -0.05) is 0 Å². The fourth-order valence-electron chi connectivity index (χ4n) is 1.54. The Morgan fingerprint density at radius 2 is 2.27 bits per heavy atom. The molecule has 0 spiro atoms. The van der Waals surface area contributed by atoms with Gasteiger partial charge in [-0.3, -0.25) is 9.48 Å². The Labute approximate surface area is 87.1 Å². The van der Waals surface area contributed by atoms with Crippen molar-refractivity contribution in [2.24, 2.45) is 7.05 Å². The zero-order valence-electron chi connectivity index (χ0n) is 8.90. The number of fused-ring (bicyclic) bond motifs is 1. The summed E-state index contributed by atoms with van der Waals surface area (Å²) in [5.41, 5.74) is 2.16. The van der Waals surface area contributed by atoms with Crippen LogP contribution in [0, 0.1) is 6.92 Å². The minimum Gasteiger partial charge on any atom is -0.354 e. The number of carbonyl (C=O) groups excluding carboxylic acids is 1. The van der Waals surface area contributed by atoms with Crippen LogP contribution in [-0.4, -0.2) is 27.7 Å². The zero-order chi connectivity index (χ0) is 11.0. The maximum atomic E-state index is 11.4. The van der Waals surface area contributed by atoms with Crippen molar-refractivity contribution in [2.75, 3.05) is 7.05 Å². The Hall–Kier alpha value is -1.91. The van der Waals surface area contributed by atoms with Crippen molar-refractivity contribution in [2.45, 2.75) is 6.92 Å². The van der Waals surface area contributed by atoms with Crippen molar-refractivity contribution >= 4 is 16.8 Å². The second-order valence-corrected chi connectivity index (χ2v) is 3.37. The van der Waals surface area contributed by atoms with Crippen LogP contribution >= 0.6 is 0 Å². The van der Waals surface area contributed by atoms with E-state index in [-0.39, 0.29) is 5.91 Å². The van der Waals surface area contributed by atoms with E-state index in [9.17, 15) is 4.79 Å². The van der Waals surface area contributed by atoms with E-state index in [4.69, 9.17) is 0 Å². The second-order valence-electron chi connectivity index (χ2n) is 3.37. The third kappa shape index (κ3) is 1.45. The minimum absolute atomic E-state index is 0.179. The quantitative estimate of drug-likeness (QED) is 0.741. The molecule has 2 aromatic heterocycles. The van der Waals surface area contributed by atoms with Crippen LogP contribution in [0.2, 0.25) is 0 Å². The first-order chi connectivity index (χ1) is 7.13. The third-order valence-corrected chi connectivity index (χ3v) is 2.40. The minimum atomic E-state index is -0.179. The standard InChI is InChI=1S/C10H12N4O/c1-6-7-5-12-14(3)9(7)4-8(13-6)10(15)11-2/h4-5H,1-3H3,(H,11,15). The summed E-state index contributed by atoms with van der Waals surface area (Å²) in [6, 6.07) is 1.74. The molecular formula is C10H12N4O. The van der Waals surface area contributed by atoms with Crippen LogP contribution in [0.1, 0.15) is 16.2 Å². The van der Waals surface area contributed by atoms with Crippen LogP contribution in [0.25, 0.3) is 10.9 Å². The van der Waals surface area contributed by atoms with Crippen molar-refractivity contribution < 1.29 is 4.79 Å². The number of rotatable bonds is 1. The monoisotopic (exact) mass is 204 g/mol. The molecule has 5 heteroatoms. The molecule has 0 unspecified atom stereocenters. The van der Waals surface area contributed by atoms with Gasteiger partial charge in [0.25, 0.3) is 5.91 Å². The molecule has 2 rings (SSSR count). The lowest BCUT2D eigenvalue weighted by molar-refractivity contribution is 0.0958. The zero-order valence-corrected chi connectivity index (χ0v) is 8.90. The van der Waals surface area contributed by atoms with Crippen LogP contribution in [-0.2, 0) is 7.05 Å². The summed E-state index contributed by atoms with van der Waals surface area (Å²) in [6.45, 7) is 1.87. The average Bonchev–Trinajstić information content (AvgIpc) is 2.60.